The first kappa shape index (κ1) is 27.2. The zero-order valence-corrected chi connectivity index (χ0v) is 23.1. The highest BCUT2D eigenvalue weighted by Gasteiger charge is 2.16. The molecule has 2 amide bonds. The van der Waals surface area contributed by atoms with Gasteiger partial charge in [0, 0.05) is 10.7 Å². The molecule has 0 unspecified atom stereocenters. The molecule has 0 spiro atoms. The molecule has 0 saturated heterocycles. The number of carbonyl (C=O) groups is 2. The first-order chi connectivity index (χ1) is 18.4. The third kappa shape index (κ3) is 6.51. The minimum Gasteiger partial charge on any atom is -0.490 e. The minimum absolute atomic E-state index is 0.352. The normalized spacial score (nSPS) is 10.9. The summed E-state index contributed by atoms with van der Waals surface area (Å²) in [6.45, 7) is 4.41. The van der Waals surface area contributed by atoms with Crippen molar-refractivity contribution in [3.05, 3.63) is 99.0 Å². The molecule has 0 fully saturated rings. The predicted octanol–water partition coefficient (Wildman–Crippen LogP) is 6.63. The zero-order chi connectivity index (χ0) is 27.1. The van der Waals surface area contributed by atoms with Gasteiger partial charge in [0.15, 0.2) is 11.5 Å². The molecule has 0 aliphatic heterocycles. The van der Waals surface area contributed by atoms with E-state index in [0.717, 1.165) is 16.3 Å². The highest BCUT2D eigenvalue weighted by Crippen LogP contribution is 2.37. The lowest BCUT2D eigenvalue weighted by atomic mass is 10.1. The number of rotatable bonds is 8. The third-order valence-corrected chi connectivity index (χ3v) is 6.68. The van der Waals surface area contributed by atoms with Gasteiger partial charge in [0.2, 0.25) is 0 Å². The van der Waals surface area contributed by atoms with Crippen LogP contribution in [0.3, 0.4) is 0 Å². The van der Waals surface area contributed by atoms with E-state index < -0.39 is 11.8 Å². The van der Waals surface area contributed by atoms with E-state index >= 15 is 0 Å². The van der Waals surface area contributed by atoms with Crippen molar-refractivity contribution in [1.29, 1.82) is 0 Å². The predicted molar refractivity (Wildman–Crippen MR) is 154 cm³/mol. The summed E-state index contributed by atoms with van der Waals surface area (Å²) in [5.74, 6) is -0.707. The number of halogens is 2. The number of hydrogen-bond acceptors (Lipinski definition) is 5. The number of benzene rings is 4. The Morgan fingerprint density at radius 2 is 1.76 bits per heavy atom. The number of nitrogens with one attached hydrogen (secondary N) is 2. The molecule has 0 aliphatic rings. The van der Waals surface area contributed by atoms with Gasteiger partial charge in [-0.1, -0.05) is 60.1 Å². The molecule has 0 saturated carbocycles. The van der Waals surface area contributed by atoms with Gasteiger partial charge in [-0.3, -0.25) is 9.59 Å². The van der Waals surface area contributed by atoms with Gasteiger partial charge in [0.05, 0.1) is 17.3 Å². The Kier molecular flexibility index (Phi) is 8.99. The molecule has 4 aromatic rings. The standard InChI is InChI=1S/C29H25BrClN3O4/c1-3-37-26-15-19(16-32-34-29(36)28(35)33-25-13-7-12-24(31)18(25)2)14-23(30)27(26)38-17-21-10-6-9-20-8-4-5-11-22(20)21/h4-16H,3,17H2,1-2H3,(H,33,35)(H,34,36). The highest BCUT2D eigenvalue weighted by molar-refractivity contribution is 9.10. The summed E-state index contributed by atoms with van der Waals surface area (Å²) < 4.78 is 12.6. The Bertz CT molecular complexity index is 1520. The smallest absolute Gasteiger partial charge is 0.329 e. The fraction of sp³-hybridized carbons (Fsp3) is 0.138. The van der Waals surface area contributed by atoms with Crippen LogP contribution >= 0.6 is 27.5 Å². The summed E-state index contributed by atoms with van der Waals surface area (Å²) in [6, 6.07) is 22.8. The Hall–Kier alpha value is -3.88. The highest BCUT2D eigenvalue weighted by atomic mass is 79.9. The van der Waals surface area contributed by atoms with E-state index in [-0.39, 0.29) is 0 Å². The van der Waals surface area contributed by atoms with Gasteiger partial charge < -0.3 is 14.8 Å². The number of anilines is 1. The summed E-state index contributed by atoms with van der Waals surface area (Å²) in [7, 11) is 0. The van der Waals surface area contributed by atoms with Crippen LogP contribution in [0.1, 0.15) is 23.6 Å². The van der Waals surface area contributed by atoms with Gasteiger partial charge in [0.1, 0.15) is 6.61 Å². The van der Waals surface area contributed by atoms with Crippen molar-refractivity contribution in [3.63, 3.8) is 0 Å². The van der Waals surface area contributed by atoms with Crippen molar-refractivity contribution < 1.29 is 19.1 Å². The van der Waals surface area contributed by atoms with Crippen LogP contribution in [0.15, 0.2) is 82.4 Å². The van der Waals surface area contributed by atoms with Crippen LogP contribution in [0.4, 0.5) is 5.69 Å². The lowest BCUT2D eigenvalue weighted by Crippen LogP contribution is -2.32. The molecule has 4 aromatic carbocycles. The van der Waals surface area contributed by atoms with E-state index in [2.05, 4.69) is 50.0 Å². The first-order valence-corrected chi connectivity index (χ1v) is 13.0. The maximum atomic E-state index is 12.2. The molecule has 7 nitrogen and oxygen atoms in total. The molecular weight excluding hydrogens is 570 g/mol. The van der Waals surface area contributed by atoms with Crippen LogP contribution in [-0.4, -0.2) is 24.6 Å². The number of nitrogens with zero attached hydrogens (tertiary/aromatic N) is 1. The van der Waals surface area contributed by atoms with Gasteiger partial charge in [0.25, 0.3) is 0 Å². The third-order valence-electron chi connectivity index (χ3n) is 5.69. The average molecular weight is 595 g/mol. The second-order valence-corrected chi connectivity index (χ2v) is 9.52. The van der Waals surface area contributed by atoms with E-state index in [1.807, 2.05) is 31.2 Å². The Labute approximate surface area is 233 Å². The van der Waals surface area contributed by atoms with Crippen molar-refractivity contribution in [2.45, 2.75) is 20.5 Å². The van der Waals surface area contributed by atoms with E-state index in [0.29, 0.717) is 51.0 Å². The van der Waals surface area contributed by atoms with Crippen LogP contribution in [0.2, 0.25) is 5.02 Å². The second-order valence-electron chi connectivity index (χ2n) is 8.26. The minimum atomic E-state index is -0.917. The van der Waals surface area contributed by atoms with Crippen molar-refractivity contribution in [1.82, 2.24) is 5.43 Å². The molecule has 0 aromatic heterocycles. The average Bonchev–Trinajstić information content (AvgIpc) is 2.91. The van der Waals surface area contributed by atoms with Crippen molar-refractivity contribution >= 4 is 62.0 Å². The topological polar surface area (TPSA) is 89.0 Å². The molecule has 38 heavy (non-hydrogen) atoms. The summed E-state index contributed by atoms with van der Waals surface area (Å²) >= 11 is 9.62. The quantitative estimate of drug-likeness (QED) is 0.136. The summed E-state index contributed by atoms with van der Waals surface area (Å²) in [4.78, 5) is 24.5. The molecule has 0 atom stereocenters. The molecule has 0 aliphatic carbocycles. The van der Waals surface area contributed by atoms with E-state index in [9.17, 15) is 9.59 Å². The molecule has 0 heterocycles. The summed E-state index contributed by atoms with van der Waals surface area (Å²) in [6.07, 6.45) is 1.41. The van der Waals surface area contributed by atoms with Crippen LogP contribution in [0, 0.1) is 6.92 Å². The van der Waals surface area contributed by atoms with Crippen LogP contribution in [-0.2, 0) is 16.2 Å². The number of fused-ring (bicyclic) bond motifs is 1. The summed E-state index contributed by atoms with van der Waals surface area (Å²) in [5, 5.41) is 9.19. The van der Waals surface area contributed by atoms with Crippen molar-refractivity contribution in [2.75, 3.05) is 11.9 Å². The van der Waals surface area contributed by atoms with Gasteiger partial charge in [-0.15, -0.1) is 0 Å². The monoisotopic (exact) mass is 593 g/mol. The number of amides is 2. The van der Waals surface area contributed by atoms with E-state index in [1.54, 1.807) is 37.3 Å². The number of hydrogen-bond donors (Lipinski definition) is 2. The molecule has 194 valence electrons. The largest absolute Gasteiger partial charge is 0.490 e. The Morgan fingerprint density at radius 3 is 2.58 bits per heavy atom. The SMILES string of the molecule is CCOc1cc(C=NNC(=O)C(=O)Nc2cccc(Cl)c2C)cc(Br)c1OCc1cccc2ccccc12. The second kappa shape index (κ2) is 12.6. The van der Waals surface area contributed by atoms with E-state index in [1.165, 1.54) is 6.21 Å². The zero-order valence-electron chi connectivity index (χ0n) is 20.8. The molecule has 0 bridgehead atoms. The van der Waals surface area contributed by atoms with Gasteiger partial charge in [-0.2, -0.15) is 5.10 Å². The van der Waals surface area contributed by atoms with Crippen molar-refractivity contribution in [2.24, 2.45) is 5.10 Å². The Morgan fingerprint density at radius 1 is 1.00 bits per heavy atom. The van der Waals surface area contributed by atoms with Crippen LogP contribution < -0.4 is 20.2 Å². The van der Waals surface area contributed by atoms with Gasteiger partial charge in [-0.25, -0.2) is 5.43 Å². The number of carbonyl (C=O) groups excluding carboxylic acids is 2. The fourth-order valence-electron chi connectivity index (χ4n) is 3.77. The van der Waals surface area contributed by atoms with Crippen LogP contribution in [0.25, 0.3) is 10.8 Å². The van der Waals surface area contributed by atoms with Crippen LogP contribution in [0.5, 0.6) is 11.5 Å². The number of ether oxygens (including phenoxy) is 2. The maximum Gasteiger partial charge on any atom is 0.329 e. The molecule has 4 rings (SSSR count). The van der Waals surface area contributed by atoms with Gasteiger partial charge in [-0.05, 0) is 81.5 Å². The van der Waals surface area contributed by atoms with Gasteiger partial charge >= 0.3 is 11.8 Å². The Balaban J connectivity index is 1.44. The first-order valence-electron chi connectivity index (χ1n) is 11.8. The lowest BCUT2D eigenvalue weighted by molar-refractivity contribution is -0.136. The molecular formula is C29H25BrClN3O4. The van der Waals surface area contributed by atoms with Crippen molar-refractivity contribution in [3.8, 4) is 11.5 Å². The molecule has 0 radical (unpaired) electrons. The fourth-order valence-corrected chi connectivity index (χ4v) is 4.52. The number of hydrazone groups is 1. The maximum absolute atomic E-state index is 12.2. The lowest BCUT2D eigenvalue weighted by Gasteiger charge is -2.15. The molecule has 2 N–H and O–H groups in total. The summed E-state index contributed by atoms with van der Waals surface area (Å²) in [5.41, 5.74) is 5.03. The van der Waals surface area contributed by atoms with E-state index in [4.69, 9.17) is 21.1 Å². The molecule has 9 heteroatoms.